The molecule has 0 saturated heterocycles. The van der Waals surface area contributed by atoms with E-state index >= 15 is 0 Å². The third-order valence-electron chi connectivity index (χ3n) is 2.48. The van der Waals surface area contributed by atoms with Crippen molar-refractivity contribution >= 4 is 5.97 Å². The summed E-state index contributed by atoms with van der Waals surface area (Å²) >= 11 is 0. The highest BCUT2D eigenvalue weighted by molar-refractivity contribution is 5.89. The first kappa shape index (κ1) is 12.8. The van der Waals surface area contributed by atoms with Gasteiger partial charge >= 0.3 is 5.97 Å². The van der Waals surface area contributed by atoms with Crippen LogP contribution in [0.15, 0.2) is 6.07 Å². The maximum atomic E-state index is 11.1. The van der Waals surface area contributed by atoms with Crippen molar-refractivity contribution in [2.75, 3.05) is 0 Å². The number of carboxylic acid groups (broad SMARTS) is 1. The molecule has 0 saturated carbocycles. The highest BCUT2D eigenvalue weighted by atomic mass is 16.4. The molecular formula is C13H21NO2. The van der Waals surface area contributed by atoms with Crippen LogP contribution in [0.3, 0.4) is 0 Å². The largest absolute Gasteiger partial charge is 0.478 e. The third-order valence-corrected chi connectivity index (χ3v) is 2.48. The fourth-order valence-corrected chi connectivity index (χ4v) is 1.82. The van der Waals surface area contributed by atoms with E-state index < -0.39 is 5.97 Å². The third kappa shape index (κ3) is 2.87. The van der Waals surface area contributed by atoms with Crippen molar-refractivity contribution in [3.05, 3.63) is 23.0 Å². The Labute approximate surface area is 96.9 Å². The van der Waals surface area contributed by atoms with Gasteiger partial charge in [0.05, 0.1) is 5.56 Å². The zero-order valence-electron chi connectivity index (χ0n) is 10.7. The molecule has 1 aromatic heterocycles. The lowest BCUT2D eigenvalue weighted by Crippen LogP contribution is -2.16. The summed E-state index contributed by atoms with van der Waals surface area (Å²) in [4.78, 5) is 14.4. The minimum absolute atomic E-state index is 0.164. The smallest absolute Gasteiger partial charge is 0.337 e. The number of aromatic nitrogens is 1. The molecule has 0 aliphatic carbocycles. The average Bonchev–Trinajstić information content (AvgIpc) is 2.45. The van der Waals surface area contributed by atoms with Crippen LogP contribution in [-0.2, 0) is 11.8 Å². The lowest BCUT2D eigenvalue weighted by molar-refractivity contribution is 0.0694. The van der Waals surface area contributed by atoms with Crippen LogP contribution in [0.4, 0.5) is 0 Å². The highest BCUT2D eigenvalue weighted by Crippen LogP contribution is 2.26. The van der Waals surface area contributed by atoms with Crippen LogP contribution in [0.25, 0.3) is 0 Å². The molecule has 1 rings (SSSR count). The van der Waals surface area contributed by atoms with Crippen LogP contribution in [0, 0.1) is 5.92 Å². The van der Waals surface area contributed by atoms with E-state index in [1.54, 1.807) is 6.07 Å². The molecular weight excluding hydrogens is 202 g/mol. The van der Waals surface area contributed by atoms with Gasteiger partial charge in [0.2, 0.25) is 0 Å². The van der Waals surface area contributed by atoms with Gasteiger partial charge in [-0.15, -0.1) is 0 Å². The van der Waals surface area contributed by atoms with Crippen molar-refractivity contribution in [3.8, 4) is 0 Å². The topological polar surface area (TPSA) is 53.1 Å². The molecule has 1 aromatic rings. The van der Waals surface area contributed by atoms with Gasteiger partial charge in [0, 0.05) is 16.8 Å². The van der Waals surface area contributed by atoms with E-state index in [4.69, 9.17) is 5.11 Å². The Kier molecular flexibility index (Phi) is 3.46. The second-order valence-electron chi connectivity index (χ2n) is 5.74. The number of aromatic carboxylic acids is 1. The molecule has 0 aliphatic heterocycles. The number of hydrogen-bond donors (Lipinski definition) is 2. The molecule has 0 radical (unpaired) electrons. The highest BCUT2D eigenvalue weighted by Gasteiger charge is 2.24. The predicted octanol–water partition coefficient (Wildman–Crippen LogP) is 3.21. The minimum atomic E-state index is -0.851. The number of H-pyrrole nitrogens is 1. The summed E-state index contributed by atoms with van der Waals surface area (Å²) in [6.07, 6.45) is 0.885. The minimum Gasteiger partial charge on any atom is -0.478 e. The molecule has 0 aromatic carbocycles. The number of rotatable bonds is 3. The molecule has 3 nitrogen and oxygen atoms in total. The number of carbonyl (C=O) groups is 1. The fourth-order valence-electron chi connectivity index (χ4n) is 1.82. The van der Waals surface area contributed by atoms with Crippen LogP contribution in [0.5, 0.6) is 0 Å². The van der Waals surface area contributed by atoms with E-state index in [0.29, 0.717) is 11.5 Å². The van der Waals surface area contributed by atoms with E-state index in [9.17, 15) is 4.79 Å². The monoisotopic (exact) mass is 223 g/mol. The van der Waals surface area contributed by atoms with E-state index in [-0.39, 0.29) is 5.41 Å². The number of nitrogens with one attached hydrogen (secondary N) is 1. The molecule has 0 aliphatic rings. The quantitative estimate of drug-likeness (QED) is 0.826. The molecule has 3 heteroatoms. The Morgan fingerprint density at radius 3 is 2.31 bits per heavy atom. The van der Waals surface area contributed by atoms with Crippen LogP contribution in [-0.4, -0.2) is 16.1 Å². The first-order valence-corrected chi connectivity index (χ1v) is 5.67. The Hall–Kier alpha value is -1.25. The second-order valence-corrected chi connectivity index (χ2v) is 5.74. The Balaban J connectivity index is 3.16. The fraction of sp³-hybridized carbons (Fsp3) is 0.615. The molecule has 2 N–H and O–H groups in total. The normalized spacial score (nSPS) is 12.1. The summed E-state index contributed by atoms with van der Waals surface area (Å²) < 4.78 is 0. The van der Waals surface area contributed by atoms with Gasteiger partial charge in [-0.05, 0) is 18.4 Å². The first-order chi connectivity index (χ1) is 7.21. The molecule has 0 fully saturated rings. The van der Waals surface area contributed by atoms with Crippen LogP contribution >= 0.6 is 0 Å². The maximum Gasteiger partial charge on any atom is 0.337 e. The zero-order valence-corrected chi connectivity index (χ0v) is 10.7. The van der Waals surface area contributed by atoms with Crippen LogP contribution in [0.1, 0.15) is 56.4 Å². The van der Waals surface area contributed by atoms with Crippen LogP contribution < -0.4 is 0 Å². The van der Waals surface area contributed by atoms with Gasteiger partial charge in [-0.2, -0.15) is 0 Å². The van der Waals surface area contributed by atoms with Crippen molar-refractivity contribution in [1.29, 1.82) is 0 Å². The Morgan fingerprint density at radius 2 is 2.00 bits per heavy atom. The van der Waals surface area contributed by atoms with E-state index in [0.717, 1.165) is 17.8 Å². The molecule has 0 unspecified atom stereocenters. The molecule has 90 valence electrons. The van der Waals surface area contributed by atoms with Crippen molar-refractivity contribution in [2.24, 2.45) is 5.92 Å². The summed E-state index contributed by atoms with van der Waals surface area (Å²) in [6.45, 7) is 10.3. The lowest BCUT2D eigenvalue weighted by Gasteiger charge is -2.18. The Morgan fingerprint density at radius 1 is 1.44 bits per heavy atom. The number of aromatic amines is 1. The van der Waals surface area contributed by atoms with Gasteiger partial charge < -0.3 is 10.1 Å². The molecule has 0 atom stereocenters. The van der Waals surface area contributed by atoms with E-state index in [1.165, 1.54) is 0 Å². The van der Waals surface area contributed by atoms with Crippen molar-refractivity contribution in [3.63, 3.8) is 0 Å². The van der Waals surface area contributed by atoms with Crippen molar-refractivity contribution < 1.29 is 9.90 Å². The SMILES string of the molecule is CC(C)Cc1cc(C(=O)O)c(C(C)(C)C)[nH]1. The van der Waals surface area contributed by atoms with Gasteiger partial charge in [-0.3, -0.25) is 0 Å². The second kappa shape index (κ2) is 4.32. The molecule has 1 heterocycles. The average molecular weight is 223 g/mol. The zero-order chi connectivity index (χ0) is 12.5. The van der Waals surface area contributed by atoms with Crippen LogP contribution in [0.2, 0.25) is 0 Å². The number of carboxylic acids is 1. The summed E-state index contributed by atoms with van der Waals surface area (Å²) in [6, 6.07) is 1.77. The molecule has 16 heavy (non-hydrogen) atoms. The first-order valence-electron chi connectivity index (χ1n) is 5.67. The summed E-state index contributed by atoms with van der Waals surface area (Å²) in [5.74, 6) is -0.329. The molecule has 0 spiro atoms. The van der Waals surface area contributed by atoms with Gasteiger partial charge in [0.15, 0.2) is 0 Å². The Bertz CT molecular complexity index is 383. The lowest BCUT2D eigenvalue weighted by atomic mass is 9.90. The van der Waals surface area contributed by atoms with E-state index in [1.807, 2.05) is 20.8 Å². The standard InChI is InChI=1S/C13H21NO2/c1-8(2)6-9-7-10(12(15)16)11(14-9)13(3,4)5/h7-8,14H,6H2,1-5H3,(H,15,16). The number of hydrogen-bond acceptors (Lipinski definition) is 1. The van der Waals surface area contributed by atoms with Gasteiger partial charge in [-0.25, -0.2) is 4.79 Å². The van der Waals surface area contributed by atoms with Gasteiger partial charge in [0.1, 0.15) is 0 Å². The van der Waals surface area contributed by atoms with Gasteiger partial charge in [-0.1, -0.05) is 34.6 Å². The van der Waals surface area contributed by atoms with Gasteiger partial charge in [0.25, 0.3) is 0 Å². The van der Waals surface area contributed by atoms with Crippen molar-refractivity contribution in [2.45, 2.75) is 46.5 Å². The maximum absolute atomic E-state index is 11.1. The predicted molar refractivity (Wildman–Crippen MR) is 65.0 cm³/mol. The summed E-state index contributed by atoms with van der Waals surface area (Å²) in [5, 5.41) is 9.16. The van der Waals surface area contributed by atoms with E-state index in [2.05, 4.69) is 18.8 Å². The molecule has 0 bridgehead atoms. The van der Waals surface area contributed by atoms with Crippen molar-refractivity contribution in [1.82, 2.24) is 4.98 Å². The summed E-state index contributed by atoms with van der Waals surface area (Å²) in [5.41, 5.74) is 2.07. The summed E-state index contributed by atoms with van der Waals surface area (Å²) in [7, 11) is 0. The molecule has 0 amide bonds.